The summed E-state index contributed by atoms with van der Waals surface area (Å²) in [5.41, 5.74) is 0.907. The Balaban J connectivity index is 1.27. The maximum Gasteiger partial charge on any atom is 0.387 e. The summed E-state index contributed by atoms with van der Waals surface area (Å²) < 4.78 is 71.5. The van der Waals surface area contributed by atoms with Crippen LogP contribution in [0.3, 0.4) is 0 Å². The van der Waals surface area contributed by atoms with Crippen LogP contribution in [0.5, 0.6) is 11.5 Å². The molecule has 6 rings (SSSR count). The molecule has 0 radical (unpaired) electrons. The van der Waals surface area contributed by atoms with Gasteiger partial charge < -0.3 is 24.1 Å². The van der Waals surface area contributed by atoms with Crippen molar-refractivity contribution in [2.75, 3.05) is 32.0 Å². The van der Waals surface area contributed by atoms with E-state index in [2.05, 4.69) is 14.7 Å². The van der Waals surface area contributed by atoms with Crippen LogP contribution in [0.15, 0.2) is 47.8 Å². The number of aromatic amines is 1. The normalized spacial score (nSPS) is 19.1. The first-order valence-electron chi connectivity index (χ1n) is 15.3. The minimum Gasteiger partial charge on any atom is -0.489 e. The number of nitrogens with one attached hydrogen (secondary N) is 1. The van der Waals surface area contributed by atoms with E-state index in [-0.39, 0.29) is 51.0 Å². The van der Waals surface area contributed by atoms with Gasteiger partial charge in [-0.05, 0) is 60.9 Å². The molecule has 48 heavy (non-hydrogen) atoms. The maximum absolute atomic E-state index is 13.8. The fraction of sp³-hybridized carbons (Fsp3) is 0.452. The summed E-state index contributed by atoms with van der Waals surface area (Å²) in [4.78, 5) is 34.9. The van der Waals surface area contributed by atoms with Crippen molar-refractivity contribution in [3.8, 4) is 11.5 Å². The molecule has 3 fully saturated rings. The fourth-order valence-corrected chi connectivity index (χ4v) is 9.09. The van der Waals surface area contributed by atoms with Gasteiger partial charge in [-0.2, -0.15) is 13.1 Å². The largest absolute Gasteiger partial charge is 0.489 e. The number of alkyl halides is 2. The molecule has 11 nitrogen and oxygen atoms in total. The molecule has 1 amide bonds. The van der Waals surface area contributed by atoms with Gasteiger partial charge in [0.05, 0.1) is 16.7 Å². The Morgan fingerprint density at radius 3 is 2.48 bits per heavy atom. The van der Waals surface area contributed by atoms with Crippen molar-refractivity contribution in [2.45, 2.75) is 55.1 Å². The van der Waals surface area contributed by atoms with Gasteiger partial charge in [-0.3, -0.25) is 9.78 Å². The van der Waals surface area contributed by atoms with Gasteiger partial charge in [-0.1, -0.05) is 29.3 Å². The Hall–Kier alpha value is -3.11. The third kappa shape index (κ3) is 7.85. The smallest absolute Gasteiger partial charge is 0.387 e. The van der Waals surface area contributed by atoms with E-state index in [0.717, 1.165) is 41.8 Å². The summed E-state index contributed by atoms with van der Waals surface area (Å²) in [6, 6.07) is 5.49. The van der Waals surface area contributed by atoms with Crippen LogP contribution in [0, 0.1) is 5.92 Å². The van der Waals surface area contributed by atoms with E-state index in [9.17, 15) is 26.8 Å². The second-order valence-electron chi connectivity index (χ2n) is 11.6. The molecule has 2 unspecified atom stereocenters. The molecule has 0 spiro atoms. The molecule has 2 saturated heterocycles. The lowest BCUT2D eigenvalue weighted by molar-refractivity contribution is -0.150. The molecule has 2 atom stereocenters. The number of ether oxygens (including phenoxy) is 3. The van der Waals surface area contributed by atoms with Crippen LogP contribution in [0.1, 0.15) is 53.4 Å². The average Bonchev–Trinajstić information content (AvgIpc) is 3.47. The lowest BCUT2D eigenvalue weighted by Crippen LogP contribution is -2.40. The Bertz CT molecular complexity index is 1750. The highest BCUT2D eigenvalue weighted by Crippen LogP contribution is 2.39. The number of hydrogen-bond donors (Lipinski definition) is 1. The summed E-state index contributed by atoms with van der Waals surface area (Å²) in [5.74, 6) is -0.671. The lowest BCUT2D eigenvalue weighted by Gasteiger charge is -2.25. The predicted octanol–water partition coefficient (Wildman–Crippen LogP) is 5.93. The zero-order chi connectivity index (χ0) is 34.0. The van der Waals surface area contributed by atoms with Gasteiger partial charge in [0.1, 0.15) is 16.7 Å². The third-order valence-electron chi connectivity index (χ3n) is 8.26. The molecular formula is C31H32Cl2F2N4O7S2. The highest BCUT2D eigenvalue weighted by molar-refractivity contribution is 8.02. The van der Waals surface area contributed by atoms with Gasteiger partial charge >= 0.3 is 12.6 Å². The molecule has 2 aliphatic heterocycles. The summed E-state index contributed by atoms with van der Waals surface area (Å²) in [6.45, 7) is -1.57. The number of halogens is 4. The number of esters is 1. The number of benzene rings is 1. The van der Waals surface area contributed by atoms with Crippen molar-refractivity contribution in [1.29, 1.82) is 0 Å². The van der Waals surface area contributed by atoms with Crippen LogP contribution in [-0.2, 0) is 26.0 Å². The molecule has 1 N–H and O–H groups in total. The van der Waals surface area contributed by atoms with E-state index < -0.39 is 34.1 Å². The minimum atomic E-state index is -4.22. The van der Waals surface area contributed by atoms with Crippen LogP contribution in [0.25, 0.3) is 0 Å². The zero-order valence-corrected chi connectivity index (χ0v) is 28.6. The molecule has 17 heteroatoms. The van der Waals surface area contributed by atoms with Crippen LogP contribution < -0.4 is 9.47 Å². The number of hydrogen-bond acceptors (Lipinski definition) is 9. The van der Waals surface area contributed by atoms with Gasteiger partial charge in [-0.25, -0.2) is 13.2 Å². The molecule has 1 aromatic carbocycles. The van der Waals surface area contributed by atoms with Gasteiger partial charge in [0.2, 0.25) is 10.0 Å². The van der Waals surface area contributed by atoms with Crippen LogP contribution in [0.2, 0.25) is 10.0 Å². The van der Waals surface area contributed by atoms with Crippen molar-refractivity contribution in [2.24, 2.45) is 5.92 Å². The molecule has 3 aliphatic rings. The van der Waals surface area contributed by atoms with Gasteiger partial charge in [0.25, 0.3) is 5.91 Å². The molecule has 2 aromatic heterocycles. The van der Waals surface area contributed by atoms with Crippen LogP contribution >= 0.6 is 35.0 Å². The number of thioether (sulfide) groups is 1. The van der Waals surface area contributed by atoms with Crippen molar-refractivity contribution in [1.82, 2.24) is 19.2 Å². The number of rotatable bonds is 13. The highest BCUT2D eigenvalue weighted by atomic mass is 35.5. The molecule has 3 aromatic rings. The molecule has 4 heterocycles. The molecule has 1 saturated carbocycles. The quantitative estimate of drug-likeness (QED) is 0.212. The number of aromatic nitrogens is 2. The topological polar surface area (TPSA) is 131 Å². The van der Waals surface area contributed by atoms with Crippen molar-refractivity contribution >= 4 is 56.9 Å². The van der Waals surface area contributed by atoms with Crippen molar-refractivity contribution < 1.29 is 41.0 Å². The monoisotopic (exact) mass is 744 g/mol. The number of H-pyrrole nitrogens is 1. The maximum atomic E-state index is 13.8. The predicted molar refractivity (Wildman–Crippen MR) is 174 cm³/mol. The Labute approximate surface area is 290 Å². The molecule has 258 valence electrons. The Kier molecular flexibility index (Phi) is 10.7. The number of sulfonamides is 1. The third-order valence-corrected chi connectivity index (χ3v) is 12.1. The Morgan fingerprint density at radius 2 is 1.79 bits per heavy atom. The van der Waals surface area contributed by atoms with Crippen molar-refractivity contribution in [3.63, 3.8) is 0 Å². The molecular weight excluding hydrogens is 713 g/mol. The summed E-state index contributed by atoms with van der Waals surface area (Å²) >= 11 is 13.9. The minimum absolute atomic E-state index is 0.0266. The SMILES string of the molecule is O=C(OC(Cc1c(Cl)cncc1Cl)c1ccc(OC(F)F)c(OCC2CC2)c1)C1SCCN1S(=O)(=O)c1c[nH]c(C(=O)N2CCCC2)c1. The Morgan fingerprint density at radius 1 is 1.06 bits per heavy atom. The first-order chi connectivity index (χ1) is 23.0. The van der Waals surface area contributed by atoms with Gasteiger partial charge in [0, 0.05) is 50.4 Å². The fourth-order valence-electron chi connectivity index (χ4n) is 5.53. The van der Waals surface area contributed by atoms with Crippen LogP contribution in [-0.4, -0.2) is 83.4 Å². The first kappa shape index (κ1) is 34.7. The van der Waals surface area contributed by atoms with E-state index in [0.29, 0.717) is 42.5 Å². The molecule has 1 aliphatic carbocycles. The first-order valence-corrected chi connectivity index (χ1v) is 18.6. The average molecular weight is 746 g/mol. The summed E-state index contributed by atoms with van der Waals surface area (Å²) in [6.07, 6.45) is 6.55. The number of nitrogens with zero attached hydrogens (tertiary/aromatic N) is 3. The molecule has 0 bridgehead atoms. The highest BCUT2D eigenvalue weighted by Gasteiger charge is 2.43. The second-order valence-corrected chi connectivity index (χ2v) is 15.5. The summed E-state index contributed by atoms with van der Waals surface area (Å²) in [7, 11) is -4.22. The zero-order valence-electron chi connectivity index (χ0n) is 25.4. The van der Waals surface area contributed by atoms with Crippen LogP contribution in [0.4, 0.5) is 8.78 Å². The summed E-state index contributed by atoms with van der Waals surface area (Å²) in [5, 5.41) is -0.837. The standard InChI is InChI=1S/C31H32Cl2F2N4O7S2/c32-22-15-36-16-23(33)21(22)13-26(19-5-6-25(46-31(34)35)27(11-19)44-17-18-3-4-18)45-30(41)29-39(9-10-47-29)48(42,43)20-12-24(37-14-20)28(40)38-7-1-2-8-38/h5-6,11-12,14-16,18,26,29,31,37H,1-4,7-10,13,17H2. The second kappa shape index (κ2) is 14.8. The number of carbonyl (C=O) groups is 2. The van der Waals surface area contributed by atoms with E-state index in [4.69, 9.17) is 32.7 Å². The van der Waals surface area contributed by atoms with E-state index >= 15 is 0 Å². The number of likely N-dealkylation sites (tertiary alicyclic amines) is 1. The number of pyridine rings is 1. The van der Waals surface area contributed by atoms with E-state index in [1.165, 1.54) is 42.9 Å². The van der Waals surface area contributed by atoms with E-state index in [1.807, 2.05) is 0 Å². The van der Waals surface area contributed by atoms with Crippen molar-refractivity contribution in [3.05, 3.63) is 69.7 Å². The van der Waals surface area contributed by atoms with E-state index in [1.54, 1.807) is 4.90 Å². The lowest BCUT2D eigenvalue weighted by atomic mass is 10.0. The number of carbonyl (C=O) groups excluding carboxylic acids is 2. The van der Waals surface area contributed by atoms with Gasteiger partial charge in [-0.15, -0.1) is 11.8 Å². The number of amides is 1. The van der Waals surface area contributed by atoms with Gasteiger partial charge in [0.15, 0.2) is 16.9 Å².